The molecule has 0 aliphatic carbocycles. The van der Waals surface area contributed by atoms with E-state index in [9.17, 15) is 0 Å². The molecule has 25 aromatic rings. The van der Waals surface area contributed by atoms with E-state index in [1.165, 1.54) is 65.3 Å². The van der Waals surface area contributed by atoms with Gasteiger partial charge in [0.1, 0.15) is 68.7 Å². The van der Waals surface area contributed by atoms with Crippen LogP contribution in [0, 0.1) is 34.6 Å². The van der Waals surface area contributed by atoms with Crippen molar-refractivity contribution < 1.29 is 44.9 Å². The molecule has 10 aromatic carbocycles. The van der Waals surface area contributed by atoms with Crippen molar-refractivity contribution in [3.05, 3.63) is 363 Å². The standard InChI is InChI=1S/5C22H17N2O/c1-14-19(17-10-5-6-13-24(17)2)22-20(16-9-7-12-23-21(14)16)15-8-3-4-11-18(15)25-22;1-14-15-8-3-4-9-16(15)20-17-10-7-12-23-22(17)25-21(20)19(14)18-11-5-6-13-24(18)2;1-14-15-8-3-4-9-16(15)20-21-18(11-7-12-23-21)25-22(20)19(14)17-10-5-6-13-24(17)2;1-14-15-7-3-4-8-16(15)21-17-13-23-11-10-19(17)25-22(21)20(14)18-9-5-6-12-24(18)2;1-14-15-7-3-4-8-16(15)21-17-10-11-23-13-19(17)25-22(21)20(14)18-9-5-6-12-24(18)2/h5*3-13H,1-2H3/q5*+1. The molecule has 0 bridgehead atoms. The summed E-state index contributed by atoms with van der Waals surface area (Å²) < 4.78 is 42.2. The zero-order valence-corrected chi connectivity index (χ0v) is 70.8. The van der Waals surface area contributed by atoms with Gasteiger partial charge < -0.3 is 22.1 Å². The van der Waals surface area contributed by atoms with Crippen molar-refractivity contribution in [1.82, 2.24) is 24.9 Å². The van der Waals surface area contributed by atoms with E-state index in [1.807, 2.05) is 104 Å². The summed E-state index contributed by atoms with van der Waals surface area (Å²) in [6.45, 7) is 10.8. The van der Waals surface area contributed by atoms with Crippen molar-refractivity contribution in [2.24, 2.45) is 35.2 Å². The van der Waals surface area contributed by atoms with Gasteiger partial charge in [-0.1, -0.05) is 121 Å². The van der Waals surface area contributed by atoms with Crippen molar-refractivity contribution >= 4 is 164 Å². The normalized spacial score (nSPS) is 11.6. The number of para-hydroxylation sites is 1. The lowest BCUT2D eigenvalue weighted by molar-refractivity contribution is -0.660. The summed E-state index contributed by atoms with van der Waals surface area (Å²) in [5.74, 6) is 0. The molecule has 0 aliphatic rings. The number of benzene rings is 10. The van der Waals surface area contributed by atoms with E-state index >= 15 is 0 Å². The second-order valence-corrected chi connectivity index (χ2v) is 32.0. The van der Waals surface area contributed by atoms with E-state index in [0.717, 1.165) is 177 Å². The molecule has 0 spiro atoms. The van der Waals surface area contributed by atoms with Gasteiger partial charge in [0.25, 0.3) is 0 Å². The van der Waals surface area contributed by atoms with Crippen LogP contribution in [0.4, 0.5) is 0 Å². The third-order valence-electron chi connectivity index (χ3n) is 24.9. The van der Waals surface area contributed by atoms with Crippen LogP contribution in [0.5, 0.6) is 0 Å². The maximum absolute atomic E-state index is 6.34. The first-order valence-corrected chi connectivity index (χ1v) is 41.9. The topological polar surface area (TPSA) is 150 Å². The second-order valence-electron chi connectivity index (χ2n) is 32.0. The zero-order valence-electron chi connectivity index (χ0n) is 70.8. The minimum Gasteiger partial charge on any atom is -0.455 e. The summed E-state index contributed by atoms with van der Waals surface area (Å²) in [6, 6.07) is 89.6. The number of nitrogens with zero attached hydrogens (tertiary/aromatic N) is 10. The molecule has 0 saturated heterocycles. The lowest BCUT2D eigenvalue weighted by atomic mass is 9.93. The predicted molar refractivity (Wildman–Crippen MR) is 502 cm³/mol. The quantitative estimate of drug-likeness (QED) is 0.152. The highest BCUT2D eigenvalue weighted by atomic mass is 16.3. The van der Waals surface area contributed by atoms with Crippen LogP contribution < -0.4 is 22.8 Å². The molecule has 0 radical (unpaired) electrons. The van der Waals surface area contributed by atoms with Gasteiger partial charge in [0, 0.05) is 146 Å². The summed E-state index contributed by atoms with van der Waals surface area (Å²) in [6.07, 6.45) is 23.1. The highest BCUT2D eigenvalue weighted by Crippen LogP contribution is 2.49. The minimum atomic E-state index is 0.688. The smallest absolute Gasteiger partial charge is 0.227 e. The van der Waals surface area contributed by atoms with Crippen LogP contribution in [-0.2, 0) is 35.2 Å². The second kappa shape index (κ2) is 31.2. The highest BCUT2D eigenvalue weighted by molar-refractivity contribution is 6.28. The number of aromatic nitrogens is 10. The molecule has 0 aliphatic heterocycles. The molecule has 15 aromatic heterocycles. The molecule has 15 heteroatoms. The molecule has 0 saturated carbocycles. The Balaban J connectivity index is 0.0000000956. The first-order chi connectivity index (χ1) is 61.3. The monoisotopic (exact) mass is 1630 g/mol. The zero-order chi connectivity index (χ0) is 84.8. The summed E-state index contributed by atoms with van der Waals surface area (Å²) >= 11 is 0. The van der Waals surface area contributed by atoms with E-state index in [0.29, 0.717) is 5.71 Å². The number of hydrogen-bond donors (Lipinski definition) is 0. The van der Waals surface area contributed by atoms with Crippen molar-refractivity contribution in [2.45, 2.75) is 34.6 Å². The molecule has 15 nitrogen and oxygen atoms in total. The molecule has 0 fully saturated rings. The van der Waals surface area contributed by atoms with Crippen LogP contribution in [0.3, 0.4) is 0 Å². The maximum atomic E-state index is 6.34. The molecular weight excluding hydrogens is 1540 g/mol. The van der Waals surface area contributed by atoms with Crippen molar-refractivity contribution in [1.29, 1.82) is 0 Å². The van der Waals surface area contributed by atoms with E-state index in [4.69, 9.17) is 22.1 Å². The molecule has 0 N–H and O–H groups in total. The Kier molecular flexibility index (Phi) is 19.1. The van der Waals surface area contributed by atoms with E-state index in [-0.39, 0.29) is 0 Å². The fourth-order valence-corrected chi connectivity index (χ4v) is 19.0. The number of pyridine rings is 10. The average Bonchev–Trinajstić information content (AvgIpc) is 1.67. The van der Waals surface area contributed by atoms with Gasteiger partial charge in [-0.05, 0) is 184 Å². The predicted octanol–water partition coefficient (Wildman–Crippen LogP) is 24.7. The van der Waals surface area contributed by atoms with Crippen LogP contribution in [0.2, 0.25) is 0 Å². The Labute approximate surface area is 718 Å². The Morgan fingerprint density at radius 2 is 0.512 bits per heavy atom. The summed E-state index contributed by atoms with van der Waals surface area (Å²) in [4.78, 5) is 22.3. The Morgan fingerprint density at radius 3 is 0.992 bits per heavy atom. The fourth-order valence-electron chi connectivity index (χ4n) is 19.0. The van der Waals surface area contributed by atoms with E-state index < -0.39 is 0 Å². The van der Waals surface area contributed by atoms with E-state index in [1.54, 1.807) is 18.6 Å². The Bertz CT molecular complexity index is 7500. The summed E-state index contributed by atoms with van der Waals surface area (Å²) in [5.41, 5.74) is 28.1. The molecule has 15 heterocycles. The molecule has 125 heavy (non-hydrogen) atoms. The average molecular weight is 1630 g/mol. The van der Waals surface area contributed by atoms with Crippen LogP contribution in [0.25, 0.3) is 220 Å². The van der Waals surface area contributed by atoms with Gasteiger partial charge in [-0.25, -0.2) is 27.8 Å². The van der Waals surface area contributed by atoms with Crippen LogP contribution in [0.1, 0.15) is 27.8 Å². The molecular formula is C110H85N10O5+5. The van der Waals surface area contributed by atoms with Gasteiger partial charge in [0.05, 0.1) is 44.9 Å². The van der Waals surface area contributed by atoms with E-state index in [2.05, 4.69) is 331 Å². The molecule has 0 unspecified atom stereocenters. The Morgan fingerprint density at radius 1 is 0.208 bits per heavy atom. The van der Waals surface area contributed by atoms with Gasteiger partial charge in [0.15, 0.2) is 53.3 Å². The Hall–Kier alpha value is -16.0. The third kappa shape index (κ3) is 12.7. The van der Waals surface area contributed by atoms with Crippen molar-refractivity contribution in [3.63, 3.8) is 0 Å². The van der Waals surface area contributed by atoms with Crippen LogP contribution in [0.15, 0.2) is 357 Å². The molecule has 0 atom stereocenters. The maximum Gasteiger partial charge on any atom is 0.227 e. The van der Waals surface area contributed by atoms with Gasteiger partial charge in [-0.3, -0.25) is 19.9 Å². The van der Waals surface area contributed by atoms with Crippen LogP contribution >= 0.6 is 0 Å². The molecule has 25 rings (SSSR count). The number of aryl methyl sites for hydroxylation is 10. The largest absolute Gasteiger partial charge is 0.455 e. The lowest BCUT2D eigenvalue weighted by Gasteiger charge is -2.10. The SMILES string of the molecule is Cc1c(-c2cccc[n+]2C)c2oc3ccccc3c2c2cccnc12.Cc1c(-c2cccc[n+]2C)c2oc3cccnc3c2c2ccccc12.Cc1c(-c2cccc[n+]2C)c2oc3ccncc3c2c2ccccc12.Cc1c(-c2cccc[n+]2C)c2oc3cnccc3c2c2ccccc12.Cc1c(-c2cccc[n+]2C)c2oc3ncccc3c2c2ccccc12. The number of hydrogen-bond acceptors (Lipinski definition) is 10. The minimum absolute atomic E-state index is 0.688. The number of fused-ring (bicyclic) bond motifs is 25. The molecule has 0 amide bonds. The van der Waals surface area contributed by atoms with Gasteiger partial charge in [-0.2, -0.15) is 0 Å². The molecule has 600 valence electrons. The first kappa shape index (κ1) is 76.4. The van der Waals surface area contributed by atoms with Gasteiger partial charge >= 0.3 is 0 Å². The highest BCUT2D eigenvalue weighted by Gasteiger charge is 2.31. The summed E-state index contributed by atoms with van der Waals surface area (Å²) in [5, 5.41) is 21.0. The van der Waals surface area contributed by atoms with Gasteiger partial charge in [0.2, 0.25) is 34.2 Å². The van der Waals surface area contributed by atoms with Crippen LogP contribution in [-0.4, -0.2) is 24.9 Å². The van der Waals surface area contributed by atoms with Crippen molar-refractivity contribution in [2.75, 3.05) is 0 Å². The first-order valence-electron chi connectivity index (χ1n) is 41.9. The number of furan rings is 5. The summed E-state index contributed by atoms with van der Waals surface area (Å²) in [7, 11) is 10.3. The lowest BCUT2D eigenvalue weighted by Crippen LogP contribution is -2.30. The van der Waals surface area contributed by atoms with Gasteiger partial charge in [-0.15, -0.1) is 0 Å². The third-order valence-corrected chi connectivity index (χ3v) is 24.9. The van der Waals surface area contributed by atoms with Crippen molar-refractivity contribution in [3.8, 4) is 56.3 Å². The number of rotatable bonds is 5. The fraction of sp³-hybridized carbons (Fsp3) is 0.0909.